The fourth-order valence-electron chi connectivity index (χ4n) is 11.4. The molecule has 0 radical (unpaired) electrons. The Bertz CT molecular complexity index is 2270. The summed E-state index contributed by atoms with van der Waals surface area (Å²) < 4.78 is 0. The molecule has 0 bridgehead atoms. The molecule has 8 atom stereocenters. The van der Waals surface area contributed by atoms with Crippen molar-refractivity contribution in [2.45, 2.75) is 194 Å². The quantitative estimate of drug-likeness (QED) is 0.252. The van der Waals surface area contributed by atoms with Crippen LogP contribution in [0.5, 0.6) is 0 Å². The van der Waals surface area contributed by atoms with E-state index >= 15 is 0 Å². The Labute approximate surface area is 463 Å². The normalized spacial score (nSPS) is 27.4. The highest BCUT2D eigenvalue weighted by molar-refractivity contribution is 5.99. The van der Waals surface area contributed by atoms with Crippen molar-refractivity contribution in [3.05, 3.63) is 35.9 Å². The van der Waals surface area contributed by atoms with Crippen LogP contribution in [-0.4, -0.2) is 190 Å². The summed E-state index contributed by atoms with van der Waals surface area (Å²) in [6.07, 6.45) is 7.14. The van der Waals surface area contributed by atoms with Crippen LogP contribution in [0.2, 0.25) is 0 Å². The van der Waals surface area contributed by atoms with E-state index in [4.69, 9.17) is 0 Å². The first-order valence-corrected chi connectivity index (χ1v) is 28.9. The van der Waals surface area contributed by atoms with Gasteiger partial charge in [-0.3, -0.25) is 47.9 Å². The van der Waals surface area contributed by atoms with Crippen LogP contribution < -0.4 is 21.3 Å². The summed E-state index contributed by atoms with van der Waals surface area (Å²) in [7, 11) is 2.92. The first kappa shape index (κ1) is 62.8. The van der Waals surface area contributed by atoms with E-state index in [1.165, 1.54) is 57.3 Å². The number of likely N-dealkylation sites (N-methyl/N-ethyl adjacent to an activating group) is 3. The van der Waals surface area contributed by atoms with Gasteiger partial charge >= 0.3 is 0 Å². The summed E-state index contributed by atoms with van der Waals surface area (Å²) in [5, 5.41) is 11.6. The molecular formula is C58H92N10O10. The molecule has 1 aromatic rings. The zero-order valence-corrected chi connectivity index (χ0v) is 48.5. The van der Waals surface area contributed by atoms with Crippen molar-refractivity contribution in [1.29, 1.82) is 0 Å². The van der Waals surface area contributed by atoms with E-state index in [1.807, 2.05) is 71.9 Å². The van der Waals surface area contributed by atoms with Crippen molar-refractivity contribution in [2.75, 3.05) is 53.4 Å². The third-order valence-electron chi connectivity index (χ3n) is 16.0. The first-order valence-electron chi connectivity index (χ1n) is 28.9. The van der Waals surface area contributed by atoms with Gasteiger partial charge in [0.15, 0.2) is 0 Å². The molecule has 3 heterocycles. The molecule has 1 aromatic carbocycles. The molecule has 0 unspecified atom stereocenters. The maximum Gasteiger partial charge on any atom is 0.246 e. The van der Waals surface area contributed by atoms with Crippen LogP contribution in [0.1, 0.15) is 145 Å². The lowest BCUT2D eigenvalue weighted by atomic mass is 9.88. The van der Waals surface area contributed by atoms with Crippen molar-refractivity contribution >= 4 is 59.1 Å². The van der Waals surface area contributed by atoms with Gasteiger partial charge in [-0.25, -0.2) is 0 Å². The van der Waals surface area contributed by atoms with Gasteiger partial charge in [0.1, 0.15) is 48.3 Å². The molecule has 20 heteroatoms. The number of nitrogens with one attached hydrogen (secondary N) is 4. The van der Waals surface area contributed by atoms with Crippen molar-refractivity contribution in [3.8, 4) is 0 Å². The Morgan fingerprint density at radius 1 is 0.487 bits per heavy atom. The summed E-state index contributed by atoms with van der Waals surface area (Å²) in [5.74, 6) is -5.45. The molecule has 4 aliphatic rings. The number of carbonyl (C=O) groups is 10. The van der Waals surface area contributed by atoms with Crippen molar-refractivity contribution < 1.29 is 47.9 Å². The van der Waals surface area contributed by atoms with E-state index in [1.54, 1.807) is 6.92 Å². The van der Waals surface area contributed by atoms with Crippen molar-refractivity contribution in [1.82, 2.24) is 50.7 Å². The Hall–Kier alpha value is -6.08. The van der Waals surface area contributed by atoms with Gasteiger partial charge in [0, 0.05) is 46.7 Å². The lowest BCUT2D eigenvalue weighted by Crippen LogP contribution is -2.60. The fraction of sp³-hybridized carbons (Fsp3) is 0.724. The van der Waals surface area contributed by atoms with Crippen LogP contribution in [0.15, 0.2) is 30.3 Å². The molecule has 1 saturated carbocycles. The average Bonchev–Trinajstić information content (AvgIpc) is 4.13. The topological polar surface area (TPSA) is 238 Å². The molecule has 5 rings (SSSR count). The minimum atomic E-state index is -1.16. The summed E-state index contributed by atoms with van der Waals surface area (Å²) in [6, 6.07) is 0.607. The molecule has 0 aromatic heterocycles. The Balaban J connectivity index is 1.54. The minimum Gasteiger partial charge on any atom is -0.343 e. The van der Waals surface area contributed by atoms with Gasteiger partial charge in [0.2, 0.25) is 59.1 Å². The van der Waals surface area contributed by atoms with Gasteiger partial charge in [0.05, 0.1) is 13.1 Å². The second kappa shape index (κ2) is 29.2. The molecule has 20 nitrogen and oxygen atoms in total. The van der Waals surface area contributed by atoms with Crippen LogP contribution in [0.3, 0.4) is 0 Å². The molecule has 3 saturated heterocycles. The Morgan fingerprint density at radius 2 is 0.897 bits per heavy atom. The molecule has 1 aliphatic carbocycles. The number of nitrogens with zero attached hydrogens (tertiary/aromatic N) is 6. The highest BCUT2D eigenvalue weighted by Gasteiger charge is 2.44. The van der Waals surface area contributed by atoms with Crippen molar-refractivity contribution in [2.24, 2.45) is 23.7 Å². The molecule has 78 heavy (non-hydrogen) atoms. The van der Waals surface area contributed by atoms with E-state index in [0.717, 1.165) is 37.7 Å². The lowest BCUT2D eigenvalue weighted by molar-refractivity contribution is -0.149. The molecule has 3 aliphatic heterocycles. The lowest BCUT2D eigenvalue weighted by Gasteiger charge is -2.36. The summed E-state index contributed by atoms with van der Waals surface area (Å²) >= 11 is 0. The summed E-state index contributed by atoms with van der Waals surface area (Å²) in [5.41, 5.74) is 0.740. The second-order valence-corrected chi connectivity index (χ2v) is 23.6. The van der Waals surface area contributed by atoms with Gasteiger partial charge in [-0.15, -0.1) is 0 Å². The Morgan fingerprint density at radius 3 is 1.35 bits per heavy atom. The smallest absolute Gasteiger partial charge is 0.246 e. The number of rotatable bonds is 11. The highest BCUT2D eigenvalue weighted by Crippen LogP contribution is 2.28. The molecule has 0 spiro atoms. The first-order chi connectivity index (χ1) is 36.9. The van der Waals surface area contributed by atoms with Gasteiger partial charge in [-0.05, 0) is 108 Å². The van der Waals surface area contributed by atoms with Crippen LogP contribution in [0.4, 0.5) is 0 Å². The predicted molar refractivity (Wildman–Crippen MR) is 296 cm³/mol. The van der Waals surface area contributed by atoms with E-state index in [9.17, 15) is 47.9 Å². The van der Waals surface area contributed by atoms with Crippen LogP contribution in [0.25, 0.3) is 0 Å². The van der Waals surface area contributed by atoms with Gasteiger partial charge < -0.3 is 50.7 Å². The maximum absolute atomic E-state index is 15.0. The largest absolute Gasteiger partial charge is 0.343 e. The zero-order valence-electron chi connectivity index (χ0n) is 48.5. The number of benzene rings is 1. The van der Waals surface area contributed by atoms with E-state index in [0.29, 0.717) is 25.7 Å². The molecule has 4 N–H and O–H groups in total. The molecule has 4 fully saturated rings. The number of carbonyl (C=O) groups excluding carboxylic acids is 10. The number of fused-ring (bicyclic) bond motifs is 2. The zero-order chi connectivity index (χ0) is 57.5. The van der Waals surface area contributed by atoms with E-state index in [-0.39, 0.29) is 82.1 Å². The third kappa shape index (κ3) is 17.0. The minimum absolute atomic E-state index is 0.0631. The predicted octanol–water partition coefficient (Wildman–Crippen LogP) is 3.25. The van der Waals surface area contributed by atoms with Gasteiger partial charge in [0.25, 0.3) is 0 Å². The number of hydrogen-bond donors (Lipinski definition) is 4. The van der Waals surface area contributed by atoms with Gasteiger partial charge in [-0.1, -0.05) is 91.1 Å². The average molecular weight is 1090 g/mol. The van der Waals surface area contributed by atoms with E-state index in [2.05, 4.69) is 21.3 Å². The SMILES string of the molecule is CCN1CC(=O)N[C@@H](CC(C)C)C(=O)N(C)[C@@H](C)C(=O)N[C@@H](CC(C)C)C(=O)N2CCC[C@@H]2C(=O)N(CC2CCCCC2)CC(=O)N[C@@H](CC(C)C)C(=O)N(C)[C@@H](C)C(=O)N[C@@H](Cc2ccccc2)C(=O)N2CCC[C@@H]2C1=O. The standard InChI is InChI=1S/C58H92N10O10/c1-12-65-34-49(69)59-43(29-36(2)3)53(73)63(10)39(8)51(71)61-45(31-38(6)7)55(75)68-28-20-26-48(68)58(78)66(33-42-23-17-14-18-24-42)35-50(70)60-44(30-37(4)5)54(74)64(11)40(9)52(72)62-46(32-41-21-15-13-16-22-41)56(76)67-27-19-25-47(67)57(65)77/h13,15-16,21-22,36-40,42-48H,12,14,17-20,23-35H2,1-11H3,(H,59,69)(H,60,70)(H,61,71)(H,62,72)/t39-,40-,43-,44-,45-,46-,47+,48+/m0/s1. The third-order valence-corrected chi connectivity index (χ3v) is 16.0. The van der Waals surface area contributed by atoms with Crippen LogP contribution >= 0.6 is 0 Å². The monoisotopic (exact) mass is 1090 g/mol. The molecular weight excluding hydrogens is 997 g/mol. The van der Waals surface area contributed by atoms with Gasteiger partial charge in [-0.2, -0.15) is 0 Å². The Kier molecular flexibility index (Phi) is 23.5. The fourth-order valence-corrected chi connectivity index (χ4v) is 11.4. The molecule has 10 amide bonds. The summed E-state index contributed by atoms with van der Waals surface area (Å²) in [4.78, 5) is 153. The van der Waals surface area contributed by atoms with Crippen molar-refractivity contribution in [3.63, 3.8) is 0 Å². The van der Waals surface area contributed by atoms with E-state index < -0.39 is 114 Å². The maximum atomic E-state index is 15.0. The number of amides is 10. The highest BCUT2D eigenvalue weighted by atomic mass is 16.2. The van der Waals surface area contributed by atoms with Crippen LogP contribution in [-0.2, 0) is 54.4 Å². The second-order valence-electron chi connectivity index (χ2n) is 23.6. The molecule has 434 valence electrons. The summed E-state index contributed by atoms with van der Waals surface area (Å²) in [6.45, 7) is 16.3. The van der Waals surface area contributed by atoms with Crippen LogP contribution in [0, 0.1) is 23.7 Å². The number of hydrogen-bond acceptors (Lipinski definition) is 10.